The number of tetrazole rings is 1. The van der Waals surface area contributed by atoms with Crippen molar-refractivity contribution in [2.45, 2.75) is 37.7 Å². The Balaban J connectivity index is 1.61. The van der Waals surface area contributed by atoms with Crippen LogP contribution in [0.4, 0.5) is 0 Å². The summed E-state index contributed by atoms with van der Waals surface area (Å²) in [6.45, 7) is 6.19. The maximum atomic E-state index is 12.5. The normalized spacial score (nSPS) is 11.7. The molecule has 9 heteroatoms. The Kier molecular flexibility index (Phi) is 6.83. The van der Waals surface area contributed by atoms with Crippen molar-refractivity contribution < 1.29 is 14.3 Å². The molecule has 0 fully saturated rings. The van der Waals surface area contributed by atoms with Crippen LogP contribution in [0.3, 0.4) is 0 Å². The number of hydrogen-bond acceptors (Lipinski definition) is 7. The lowest BCUT2D eigenvalue weighted by molar-refractivity contribution is -0.120. The first-order chi connectivity index (χ1) is 14.4. The Morgan fingerprint density at radius 1 is 1.17 bits per heavy atom. The van der Waals surface area contributed by atoms with Gasteiger partial charge in [0.1, 0.15) is 0 Å². The number of methoxy groups -OCH3 is 1. The Morgan fingerprint density at radius 3 is 2.57 bits per heavy atom. The second-order valence-electron chi connectivity index (χ2n) is 6.83. The zero-order chi connectivity index (χ0) is 21.7. The number of esters is 1. The molecule has 3 aromatic rings. The fraction of sp³-hybridized carbons (Fsp3) is 0.286. The van der Waals surface area contributed by atoms with Crippen LogP contribution in [0.1, 0.15) is 34.0 Å². The Hall–Kier alpha value is -3.20. The average Bonchev–Trinajstić information content (AvgIpc) is 3.19. The minimum absolute atomic E-state index is 0.132. The van der Waals surface area contributed by atoms with Gasteiger partial charge in [0.15, 0.2) is 0 Å². The summed E-state index contributed by atoms with van der Waals surface area (Å²) < 4.78 is 6.33. The molecule has 0 spiro atoms. The number of hydrogen-bond donors (Lipinski definition) is 1. The Bertz CT molecular complexity index is 1050. The second-order valence-corrected chi connectivity index (χ2v) is 8.14. The molecule has 8 nitrogen and oxygen atoms in total. The molecule has 0 aliphatic heterocycles. The molecule has 0 aliphatic rings. The number of carbonyl (C=O) groups is 2. The van der Waals surface area contributed by atoms with E-state index in [9.17, 15) is 9.59 Å². The van der Waals surface area contributed by atoms with E-state index in [1.54, 1.807) is 35.9 Å². The molecule has 0 bridgehead atoms. The molecule has 0 saturated carbocycles. The first-order valence-electron chi connectivity index (χ1n) is 9.36. The molecular formula is C21H23N5O3S. The lowest BCUT2D eigenvalue weighted by Crippen LogP contribution is -2.30. The van der Waals surface area contributed by atoms with E-state index in [1.165, 1.54) is 18.9 Å². The van der Waals surface area contributed by atoms with Crippen molar-refractivity contribution in [1.29, 1.82) is 0 Å². The van der Waals surface area contributed by atoms with Crippen molar-refractivity contribution >= 4 is 23.6 Å². The van der Waals surface area contributed by atoms with Crippen molar-refractivity contribution in [1.82, 2.24) is 25.5 Å². The number of amides is 1. The van der Waals surface area contributed by atoms with Crippen LogP contribution in [0.15, 0.2) is 47.6 Å². The predicted octanol–water partition coefficient (Wildman–Crippen LogP) is 2.86. The minimum Gasteiger partial charge on any atom is -0.465 e. The summed E-state index contributed by atoms with van der Waals surface area (Å²) in [4.78, 5) is 24.0. The molecule has 2 aromatic carbocycles. The van der Waals surface area contributed by atoms with Crippen LogP contribution >= 0.6 is 11.8 Å². The largest absolute Gasteiger partial charge is 0.465 e. The summed E-state index contributed by atoms with van der Waals surface area (Å²) >= 11 is 1.29. The number of nitrogens with zero attached hydrogens (tertiary/aromatic N) is 4. The molecule has 1 N–H and O–H groups in total. The molecule has 156 valence electrons. The number of aryl methyl sites for hydroxylation is 2. The molecule has 1 amide bonds. The molecule has 1 unspecified atom stereocenters. The van der Waals surface area contributed by atoms with Gasteiger partial charge in [0.25, 0.3) is 0 Å². The number of thioether (sulfide) groups is 1. The summed E-state index contributed by atoms with van der Waals surface area (Å²) in [7, 11) is 1.34. The molecular weight excluding hydrogens is 402 g/mol. The standard InChI is InChI=1S/C21H23N5O3S/c1-13-5-10-18(14(2)11-13)26-21(23-24-25-26)30-15(3)19(27)22-12-16-6-8-17(9-7-16)20(28)29-4/h5-11,15H,12H2,1-4H3,(H,22,27). The van der Waals surface area contributed by atoms with Gasteiger partial charge in [-0.05, 0) is 60.5 Å². The fourth-order valence-corrected chi connectivity index (χ4v) is 3.69. The van der Waals surface area contributed by atoms with E-state index in [1.807, 2.05) is 26.0 Å². The van der Waals surface area contributed by atoms with Crippen LogP contribution in [0.2, 0.25) is 0 Å². The van der Waals surface area contributed by atoms with Gasteiger partial charge in [-0.2, -0.15) is 4.68 Å². The van der Waals surface area contributed by atoms with Gasteiger partial charge < -0.3 is 10.1 Å². The highest BCUT2D eigenvalue weighted by Crippen LogP contribution is 2.24. The van der Waals surface area contributed by atoms with Crippen LogP contribution < -0.4 is 5.32 Å². The molecule has 0 radical (unpaired) electrons. The van der Waals surface area contributed by atoms with Crippen molar-refractivity contribution in [2.75, 3.05) is 7.11 Å². The van der Waals surface area contributed by atoms with E-state index in [0.717, 1.165) is 22.4 Å². The minimum atomic E-state index is -0.394. The third-order valence-electron chi connectivity index (χ3n) is 4.51. The number of ether oxygens (including phenoxy) is 1. The summed E-state index contributed by atoms with van der Waals surface area (Å²) in [6.07, 6.45) is 0. The SMILES string of the molecule is COC(=O)c1ccc(CNC(=O)C(C)Sc2nnnn2-c2ccc(C)cc2C)cc1. The number of carbonyl (C=O) groups excluding carboxylic acids is 2. The first-order valence-corrected chi connectivity index (χ1v) is 10.2. The molecule has 30 heavy (non-hydrogen) atoms. The third-order valence-corrected chi connectivity index (χ3v) is 5.55. The molecule has 1 heterocycles. The number of aromatic nitrogens is 4. The maximum Gasteiger partial charge on any atom is 0.337 e. The van der Waals surface area contributed by atoms with Gasteiger partial charge in [-0.1, -0.05) is 41.6 Å². The molecule has 0 saturated heterocycles. The summed E-state index contributed by atoms with van der Waals surface area (Å²) in [5.41, 5.74) is 4.44. The molecule has 1 atom stereocenters. The van der Waals surface area contributed by atoms with Gasteiger partial charge in [0.2, 0.25) is 11.1 Å². The Labute approximate surface area is 179 Å². The number of benzene rings is 2. The van der Waals surface area contributed by atoms with Crippen LogP contribution in [0.25, 0.3) is 5.69 Å². The van der Waals surface area contributed by atoms with Gasteiger partial charge >= 0.3 is 5.97 Å². The summed E-state index contributed by atoms with van der Waals surface area (Å²) in [5, 5.41) is 15.0. The molecule has 1 aromatic heterocycles. The van der Waals surface area contributed by atoms with E-state index in [-0.39, 0.29) is 5.91 Å². The zero-order valence-corrected chi connectivity index (χ0v) is 18.1. The van der Waals surface area contributed by atoms with Crippen molar-refractivity contribution in [3.8, 4) is 5.69 Å². The van der Waals surface area contributed by atoms with E-state index in [4.69, 9.17) is 0 Å². The molecule has 3 rings (SSSR count). The van der Waals surface area contributed by atoms with Crippen LogP contribution in [-0.2, 0) is 16.1 Å². The zero-order valence-electron chi connectivity index (χ0n) is 17.2. The smallest absolute Gasteiger partial charge is 0.337 e. The van der Waals surface area contributed by atoms with Gasteiger partial charge in [-0.3, -0.25) is 4.79 Å². The predicted molar refractivity (Wildman–Crippen MR) is 114 cm³/mol. The summed E-state index contributed by atoms with van der Waals surface area (Å²) in [5.74, 6) is -0.524. The van der Waals surface area contributed by atoms with Crippen molar-refractivity contribution in [3.05, 3.63) is 64.7 Å². The topological polar surface area (TPSA) is 99.0 Å². The average molecular weight is 426 g/mol. The number of nitrogens with one attached hydrogen (secondary N) is 1. The van der Waals surface area contributed by atoms with Crippen LogP contribution in [0.5, 0.6) is 0 Å². The van der Waals surface area contributed by atoms with Gasteiger partial charge in [-0.25, -0.2) is 4.79 Å². The number of rotatable bonds is 7. The summed E-state index contributed by atoms with van der Waals surface area (Å²) in [6, 6.07) is 12.9. The van der Waals surface area contributed by atoms with E-state index in [0.29, 0.717) is 17.3 Å². The third kappa shape index (κ3) is 5.04. The van der Waals surface area contributed by atoms with E-state index < -0.39 is 11.2 Å². The highest BCUT2D eigenvalue weighted by atomic mass is 32.2. The lowest BCUT2D eigenvalue weighted by Gasteiger charge is -2.13. The quantitative estimate of drug-likeness (QED) is 0.459. The van der Waals surface area contributed by atoms with Gasteiger partial charge in [-0.15, -0.1) is 5.10 Å². The maximum absolute atomic E-state index is 12.5. The highest BCUT2D eigenvalue weighted by Gasteiger charge is 2.19. The fourth-order valence-electron chi connectivity index (χ4n) is 2.87. The van der Waals surface area contributed by atoms with E-state index >= 15 is 0 Å². The Morgan fingerprint density at radius 2 is 1.90 bits per heavy atom. The van der Waals surface area contributed by atoms with E-state index in [2.05, 4.69) is 31.6 Å². The van der Waals surface area contributed by atoms with Crippen LogP contribution in [-0.4, -0.2) is 44.4 Å². The monoisotopic (exact) mass is 425 g/mol. The van der Waals surface area contributed by atoms with Gasteiger partial charge in [0, 0.05) is 6.54 Å². The molecule has 0 aliphatic carbocycles. The first kappa shape index (κ1) is 21.5. The van der Waals surface area contributed by atoms with Crippen LogP contribution in [0, 0.1) is 13.8 Å². The second kappa shape index (κ2) is 9.53. The van der Waals surface area contributed by atoms with Gasteiger partial charge in [0.05, 0.1) is 23.6 Å². The van der Waals surface area contributed by atoms with Crippen molar-refractivity contribution in [2.24, 2.45) is 0 Å². The lowest BCUT2D eigenvalue weighted by atomic mass is 10.1. The highest BCUT2D eigenvalue weighted by molar-refractivity contribution is 8.00. The van der Waals surface area contributed by atoms with Crippen molar-refractivity contribution in [3.63, 3.8) is 0 Å².